The highest BCUT2D eigenvalue weighted by Crippen LogP contribution is 2.21. The van der Waals surface area contributed by atoms with E-state index in [0.717, 1.165) is 35.2 Å². The Hall–Kier alpha value is -2.34. The van der Waals surface area contributed by atoms with E-state index >= 15 is 0 Å². The quantitative estimate of drug-likeness (QED) is 0.755. The zero-order valence-corrected chi connectivity index (χ0v) is 13.0. The number of nitrogens with zero attached hydrogens (tertiary/aromatic N) is 3. The number of H-pyrrole nitrogens is 1. The summed E-state index contributed by atoms with van der Waals surface area (Å²) in [6.45, 7) is 5.61. The van der Waals surface area contributed by atoms with Crippen LogP contribution in [0.15, 0.2) is 39.4 Å². The van der Waals surface area contributed by atoms with E-state index in [2.05, 4.69) is 34.1 Å². The van der Waals surface area contributed by atoms with E-state index in [9.17, 15) is 0 Å². The summed E-state index contributed by atoms with van der Waals surface area (Å²) in [6, 6.07) is 7.83. The Morgan fingerprint density at radius 3 is 2.77 bits per heavy atom. The molecule has 0 unspecified atom stereocenters. The molecule has 0 amide bonds. The third-order valence-corrected chi connectivity index (χ3v) is 3.43. The van der Waals surface area contributed by atoms with Crippen molar-refractivity contribution < 1.29 is 8.94 Å². The van der Waals surface area contributed by atoms with Gasteiger partial charge in [0, 0.05) is 24.7 Å². The van der Waals surface area contributed by atoms with Crippen molar-refractivity contribution in [3.8, 4) is 11.5 Å². The van der Waals surface area contributed by atoms with Crippen LogP contribution in [0.2, 0.25) is 0 Å². The Morgan fingerprint density at radius 2 is 2.09 bits per heavy atom. The molecule has 0 aliphatic heterocycles. The topological polar surface area (TPSA) is 71.1 Å². The number of aromatic amines is 1. The molecule has 3 aromatic rings. The molecule has 0 atom stereocenters. The zero-order valence-electron chi connectivity index (χ0n) is 13.0. The molecule has 6 nitrogen and oxygen atoms in total. The molecule has 3 heterocycles. The molecule has 0 saturated heterocycles. The van der Waals surface area contributed by atoms with Gasteiger partial charge >= 0.3 is 0 Å². The lowest BCUT2D eigenvalue weighted by Crippen LogP contribution is -2.16. The first-order valence-electron chi connectivity index (χ1n) is 7.34. The molecule has 1 N–H and O–H groups in total. The summed E-state index contributed by atoms with van der Waals surface area (Å²) in [5.41, 5.74) is 1.82. The molecule has 3 aromatic heterocycles. The molecule has 0 aromatic carbocycles. The van der Waals surface area contributed by atoms with Crippen LogP contribution < -0.4 is 0 Å². The molecule has 22 heavy (non-hydrogen) atoms. The predicted octanol–water partition coefficient (Wildman–Crippen LogP) is 3.41. The SMILES string of the molecule is CC(C)c1cc(CN(C)Cc2ccc(-c3ccn[nH]3)o2)no1. The molecular formula is C16H20N4O2. The molecule has 0 aliphatic carbocycles. The average molecular weight is 300 g/mol. The van der Waals surface area contributed by atoms with Gasteiger partial charge < -0.3 is 8.94 Å². The molecule has 0 aliphatic rings. The highest BCUT2D eigenvalue weighted by atomic mass is 16.5. The summed E-state index contributed by atoms with van der Waals surface area (Å²) in [6.07, 6.45) is 1.71. The van der Waals surface area contributed by atoms with E-state index in [4.69, 9.17) is 8.94 Å². The van der Waals surface area contributed by atoms with Crippen molar-refractivity contribution in [2.75, 3.05) is 7.05 Å². The summed E-state index contributed by atoms with van der Waals surface area (Å²) >= 11 is 0. The molecule has 0 radical (unpaired) electrons. The van der Waals surface area contributed by atoms with Crippen LogP contribution in [0.5, 0.6) is 0 Å². The maximum Gasteiger partial charge on any atom is 0.152 e. The van der Waals surface area contributed by atoms with Crippen molar-refractivity contribution in [3.63, 3.8) is 0 Å². The molecule has 3 rings (SSSR count). The van der Waals surface area contributed by atoms with Gasteiger partial charge in [-0.1, -0.05) is 19.0 Å². The monoisotopic (exact) mass is 300 g/mol. The van der Waals surface area contributed by atoms with E-state index < -0.39 is 0 Å². The Kier molecular flexibility index (Phi) is 4.11. The molecular weight excluding hydrogens is 280 g/mol. The minimum atomic E-state index is 0.355. The average Bonchev–Trinajstić information content (AvgIpc) is 3.18. The Bertz CT molecular complexity index is 712. The number of hydrogen-bond acceptors (Lipinski definition) is 5. The van der Waals surface area contributed by atoms with Crippen LogP contribution in [0.4, 0.5) is 0 Å². The van der Waals surface area contributed by atoms with Gasteiger partial charge in [-0.05, 0) is 25.2 Å². The van der Waals surface area contributed by atoms with Gasteiger partial charge in [-0.2, -0.15) is 5.10 Å². The lowest BCUT2D eigenvalue weighted by Gasteiger charge is -2.12. The zero-order chi connectivity index (χ0) is 15.5. The third-order valence-electron chi connectivity index (χ3n) is 3.43. The Morgan fingerprint density at radius 1 is 1.23 bits per heavy atom. The standard InChI is InChI=1S/C16H20N4O2/c1-11(2)16-8-12(19-22-16)9-20(3)10-13-4-5-15(21-13)14-6-7-17-18-14/h4-8,11H,9-10H2,1-3H3,(H,17,18). The van der Waals surface area contributed by atoms with Crippen LogP contribution in [0.1, 0.15) is 37.0 Å². The van der Waals surface area contributed by atoms with Crippen molar-refractivity contribution in [1.29, 1.82) is 0 Å². The first kappa shape index (κ1) is 14.6. The number of furan rings is 1. The van der Waals surface area contributed by atoms with Crippen molar-refractivity contribution in [2.24, 2.45) is 0 Å². The van der Waals surface area contributed by atoms with E-state index in [0.29, 0.717) is 12.5 Å². The van der Waals surface area contributed by atoms with E-state index in [1.807, 2.05) is 31.3 Å². The number of aromatic nitrogens is 3. The molecule has 0 bridgehead atoms. The fraction of sp³-hybridized carbons (Fsp3) is 0.375. The number of rotatable bonds is 6. The van der Waals surface area contributed by atoms with Crippen LogP contribution in [0, 0.1) is 0 Å². The van der Waals surface area contributed by atoms with Crippen LogP contribution in [0.3, 0.4) is 0 Å². The maximum atomic E-state index is 5.82. The number of nitrogens with one attached hydrogen (secondary N) is 1. The third kappa shape index (κ3) is 3.28. The molecule has 0 spiro atoms. The summed E-state index contributed by atoms with van der Waals surface area (Å²) in [4.78, 5) is 2.14. The van der Waals surface area contributed by atoms with Crippen molar-refractivity contribution in [2.45, 2.75) is 32.9 Å². The second-order valence-electron chi connectivity index (χ2n) is 5.78. The van der Waals surface area contributed by atoms with Crippen molar-refractivity contribution in [3.05, 3.63) is 47.7 Å². The van der Waals surface area contributed by atoms with Gasteiger partial charge in [0.25, 0.3) is 0 Å². The molecule has 0 fully saturated rings. The van der Waals surface area contributed by atoms with Crippen LogP contribution in [0.25, 0.3) is 11.5 Å². The van der Waals surface area contributed by atoms with Gasteiger partial charge in [-0.25, -0.2) is 0 Å². The molecule has 6 heteroatoms. The maximum absolute atomic E-state index is 5.82. The minimum absolute atomic E-state index is 0.355. The predicted molar refractivity (Wildman–Crippen MR) is 82.1 cm³/mol. The lowest BCUT2D eigenvalue weighted by molar-refractivity contribution is 0.277. The lowest BCUT2D eigenvalue weighted by atomic mass is 10.1. The number of hydrogen-bond donors (Lipinski definition) is 1. The highest BCUT2D eigenvalue weighted by molar-refractivity contribution is 5.51. The van der Waals surface area contributed by atoms with Crippen LogP contribution in [-0.4, -0.2) is 27.3 Å². The van der Waals surface area contributed by atoms with Crippen molar-refractivity contribution in [1.82, 2.24) is 20.3 Å². The highest BCUT2D eigenvalue weighted by Gasteiger charge is 2.12. The largest absolute Gasteiger partial charge is 0.458 e. The summed E-state index contributed by atoms with van der Waals surface area (Å²) in [7, 11) is 2.03. The van der Waals surface area contributed by atoms with Crippen molar-refractivity contribution >= 4 is 0 Å². The minimum Gasteiger partial charge on any atom is -0.458 e. The van der Waals surface area contributed by atoms with E-state index in [1.165, 1.54) is 0 Å². The van der Waals surface area contributed by atoms with E-state index in [-0.39, 0.29) is 0 Å². The Labute approximate surface area is 129 Å². The van der Waals surface area contributed by atoms with Gasteiger partial charge in [0.15, 0.2) is 5.76 Å². The van der Waals surface area contributed by atoms with Gasteiger partial charge in [0.05, 0.1) is 12.2 Å². The first-order chi connectivity index (χ1) is 10.6. The molecule has 116 valence electrons. The summed E-state index contributed by atoms with van der Waals surface area (Å²) in [5.74, 6) is 2.97. The smallest absolute Gasteiger partial charge is 0.152 e. The van der Waals surface area contributed by atoms with E-state index in [1.54, 1.807) is 6.20 Å². The summed E-state index contributed by atoms with van der Waals surface area (Å²) in [5, 5.41) is 10.9. The fourth-order valence-electron chi connectivity index (χ4n) is 2.27. The second kappa shape index (κ2) is 6.19. The van der Waals surface area contributed by atoms with Gasteiger partial charge in [-0.15, -0.1) is 0 Å². The van der Waals surface area contributed by atoms with Crippen LogP contribution in [-0.2, 0) is 13.1 Å². The van der Waals surface area contributed by atoms with Gasteiger partial charge in [-0.3, -0.25) is 10.00 Å². The first-order valence-corrected chi connectivity index (χ1v) is 7.34. The van der Waals surface area contributed by atoms with Gasteiger partial charge in [0.2, 0.25) is 0 Å². The molecule has 0 saturated carbocycles. The van der Waals surface area contributed by atoms with Gasteiger partial charge in [0.1, 0.15) is 17.2 Å². The van der Waals surface area contributed by atoms with Crippen LogP contribution >= 0.6 is 0 Å². The summed E-state index contributed by atoms with van der Waals surface area (Å²) < 4.78 is 11.1. The second-order valence-corrected chi connectivity index (χ2v) is 5.78. The normalized spacial score (nSPS) is 11.7. The Balaban J connectivity index is 1.60. The fourth-order valence-corrected chi connectivity index (χ4v) is 2.27.